The highest BCUT2D eigenvalue weighted by Crippen LogP contribution is 2.38. The van der Waals surface area contributed by atoms with Crippen LogP contribution in [0, 0.1) is 11.8 Å². The van der Waals surface area contributed by atoms with Gasteiger partial charge in [0.2, 0.25) is 0 Å². The van der Waals surface area contributed by atoms with Gasteiger partial charge in [-0.05, 0) is 25.3 Å². The fourth-order valence-electron chi connectivity index (χ4n) is 2.79. The van der Waals surface area contributed by atoms with Crippen LogP contribution in [0.3, 0.4) is 0 Å². The lowest BCUT2D eigenvalue weighted by Crippen LogP contribution is -2.49. The van der Waals surface area contributed by atoms with Crippen LogP contribution in [0.15, 0.2) is 30.3 Å². The van der Waals surface area contributed by atoms with Gasteiger partial charge < -0.3 is 10.5 Å². The number of nitrogens with two attached hydrogens (primary N) is 1. The molecule has 1 aromatic rings. The summed E-state index contributed by atoms with van der Waals surface area (Å²) >= 11 is 0. The topological polar surface area (TPSA) is 35.2 Å². The molecule has 0 bridgehead atoms. The summed E-state index contributed by atoms with van der Waals surface area (Å²) < 4.78 is 5.51. The van der Waals surface area contributed by atoms with E-state index in [-0.39, 0.29) is 11.5 Å². The Kier molecular flexibility index (Phi) is 4.41. The van der Waals surface area contributed by atoms with Crippen LogP contribution in [-0.2, 0) is 10.2 Å². The molecule has 0 aromatic heterocycles. The molecular formula is C16H21NO. The molecule has 2 heteroatoms. The third-order valence-corrected chi connectivity index (χ3v) is 3.94. The first-order chi connectivity index (χ1) is 8.79. The molecule has 1 fully saturated rings. The van der Waals surface area contributed by atoms with Gasteiger partial charge in [0.1, 0.15) is 0 Å². The quantitative estimate of drug-likeness (QED) is 0.828. The highest BCUT2D eigenvalue weighted by atomic mass is 16.5. The average molecular weight is 243 g/mol. The summed E-state index contributed by atoms with van der Waals surface area (Å²) in [4.78, 5) is 0. The Morgan fingerprint density at radius 1 is 1.28 bits per heavy atom. The SMILES string of the molecule is CC#CCC(N)C1(c2ccccc2)CCOCC1. The van der Waals surface area contributed by atoms with E-state index in [4.69, 9.17) is 10.5 Å². The molecule has 1 heterocycles. The first-order valence-electron chi connectivity index (χ1n) is 6.58. The van der Waals surface area contributed by atoms with E-state index >= 15 is 0 Å². The molecule has 1 aliphatic heterocycles. The second kappa shape index (κ2) is 6.04. The summed E-state index contributed by atoms with van der Waals surface area (Å²) in [5, 5.41) is 0. The Hall–Kier alpha value is -1.30. The highest BCUT2D eigenvalue weighted by molar-refractivity contribution is 5.29. The Bertz CT molecular complexity index is 423. The van der Waals surface area contributed by atoms with Gasteiger partial charge in [-0.25, -0.2) is 0 Å². The van der Waals surface area contributed by atoms with E-state index in [1.807, 2.05) is 13.0 Å². The first-order valence-corrected chi connectivity index (χ1v) is 6.58. The minimum atomic E-state index is 0.0311. The van der Waals surface area contributed by atoms with Crippen molar-refractivity contribution in [2.75, 3.05) is 13.2 Å². The molecule has 0 spiro atoms. The maximum Gasteiger partial charge on any atom is 0.0475 e. The minimum Gasteiger partial charge on any atom is -0.381 e. The summed E-state index contributed by atoms with van der Waals surface area (Å²) in [6, 6.07) is 10.7. The van der Waals surface area contributed by atoms with Crippen molar-refractivity contribution in [1.82, 2.24) is 0 Å². The van der Waals surface area contributed by atoms with Gasteiger partial charge in [-0.15, -0.1) is 11.8 Å². The number of hydrogen-bond donors (Lipinski definition) is 1. The standard InChI is InChI=1S/C16H21NO/c1-2-3-9-15(17)16(10-12-18-13-11-16)14-7-5-4-6-8-14/h4-8,15H,9-13,17H2,1H3. The molecule has 96 valence electrons. The Balaban J connectivity index is 2.30. The normalized spacial score (nSPS) is 19.7. The zero-order chi connectivity index (χ0) is 12.8. The van der Waals surface area contributed by atoms with E-state index < -0.39 is 0 Å². The lowest BCUT2D eigenvalue weighted by molar-refractivity contribution is 0.0406. The monoisotopic (exact) mass is 243 g/mol. The summed E-state index contributed by atoms with van der Waals surface area (Å²) in [5.41, 5.74) is 7.81. The third-order valence-electron chi connectivity index (χ3n) is 3.94. The summed E-state index contributed by atoms with van der Waals surface area (Å²) in [6.07, 6.45) is 2.73. The van der Waals surface area contributed by atoms with Crippen LogP contribution in [0.5, 0.6) is 0 Å². The molecular weight excluding hydrogens is 222 g/mol. The summed E-state index contributed by atoms with van der Waals surface area (Å²) in [6.45, 7) is 3.45. The molecule has 0 saturated carbocycles. The fraction of sp³-hybridized carbons (Fsp3) is 0.500. The minimum absolute atomic E-state index is 0.0311. The smallest absolute Gasteiger partial charge is 0.0475 e. The van der Waals surface area contributed by atoms with Crippen molar-refractivity contribution < 1.29 is 4.74 Å². The van der Waals surface area contributed by atoms with Crippen molar-refractivity contribution in [3.63, 3.8) is 0 Å². The molecule has 0 amide bonds. The van der Waals surface area contributed by atoms with Crippen LogP contribution in [0.2, 0.25) is 0 Å². The van der Waals surface area contributed by atoms with Crippen LogP contribution < -0.4 is 5.73 Å². The van der Waals surface area contributed by atoms with Gasteiger partial charge in [0, 0.05) is 31.1 Å². The van der Waals surface area contributed by atoms with E-state index in [0.717, 1.165) is 32.5 Å². The second-order valence-electron chi connectivity index (χ2n) is 4.87. The first kappa shape index (κ1) is 13.1. The van der Waals surface area contributed by atoms with Crippen LogP contribution in [0.4, 0.5) is 0 Å². The molecule has 1 atom stereocenters. The Labute approximate surface area is 110 Å². The van der Waals surface area contributed by atoms with Gasteiger partial charge >= 0.3 is 0 Å². The summed E-state index contributed by atoms with van der Waals surface area (Å²) in [5.74, 6) is 6.07. The highest BCUT2D eigenvalue weighted by Gasteiger charge is 2.39. The molecule has 1 saturated heterocycles. The van der Waals surface area contributed by atoms with E-state index in [0.29, 0.717) is 0 Å². The molecule has 2 rings (SSSR count). The Morgan fingerprint density at radius 3 is 2.56 bits per heavy atom. The number of benzene rings is 1. The van der Waals surface area contributed by atoms with E-state index in [1.165, 1.54) is 5.56 Å². The van der Waals surface area contributed by atoms with Crippen molar-refractivity contribution >= 4 is 0 Å². The fourth-order valence-corrected chi connectivity index (χ4v) is 2.79. The average Bonchev–Trinajstić information content (AvgIpc) is 2.46. The zero-order valence-corrected chi connectivity index (χ0v) is 11.0. The van der Waals surface area contributed by atoms with E-state index in [2.05, 4.69) is 36.1 Å². The molecule has 2 N–H and O–H groups in total. The van der Waals surface area contributed by atoms with Gasteiger partial charge in [0.25, 0.3) is 0 Å². The number of hydrogen-bond acceptors (Lipinski definition) is 2. The van der Waals surface area contributed by atoms with Crippen molar-refractivity contribution in [2.45, 2.75) is 37.6 Å². The van der Waals surface area contributed by atoms with E-state index in [1.54, 1.807) is 0 Å². The van der Waals surface area contributed by atoms with Crippen molar-refractivity contribution in [3.8, 4) is 11.8 Å². The van der Waals surface area contributed by atoms with Crippen LogP contribution in [0.1, 0.15) is 31.7 Å². The maximum atomic E-state index is 6.44. The van der Waals surface area contributed by atoms with Gasteiger partial charge in [-0.3, -0.25) is 0 Å². The van der Waals surface area contributed by atoms with Crippen LogP contribution >= 0.6 is 0 Å². The number of ether oxygens (including phenoxy) is 1. The molecule has 2 nitrogen and oxygen atoms in total. The second-order valence-corrected chi connectivity index (χ2v) is 4.87. The largest absolute Gasteiger partial charge is 0.381 e. The lowest BCUT2D eigenvalue weighted by atomic mass is 9.68. The molecule has 1 unspecified atom stereocenters. The van der Waals surface area contributed by atoms with Gasteiger partial charge in [0.15, 0.2) is 0 Å². The summed E-state index contributed by atoms with van der Waals surface area (Å²) in [7, 11) is 0. The molecule has 1 aliphatic rings. The van der Waals surface area contributed by atoms with Crippen LogP contribution in [-0.4, -0.2) is 19.3 Å². The molecule has 0 aliphatic carbocycles. The van der Waals surface area contributed by atoms with Crippen molar-refractivity contribution in [2.24, 2.45) is 5.73 Å². The van der Waals surface area contributed by atoms with Crippen molar-refractivity contribution in [3.05, 3.63) is 35.9 Å². The van der Waals surface area contributed by atoms with E-state index in [9.17, 15) is 0 Å². The predicted molar refractivity (Wildman–Crippen MR) is 74.2 cm³/mol. The van der Waals surface area contributed by atoms with Crippen LogP contribution in [0.25, 0.3) is 0 Å². The Morgan fingerprint density at radius 2 is 1.94 bits per heavy atom. The van der Waals surface area contributed by atoms with Gasteiger partial charge in [-0.2, -0.15) is 0 Å². The molecule has 1 aromatic carbocycles. The van der Waals surface area contributed by atoms with Gasteiger partial charge in [0.05, 0.1) is 0 Å². The number of rotatable bonds is 3. The zero-order valence-electron chi connectivity index (χ0n) is 11.0. The van der Waals surface area contributed by atoms with Gasteiger partial charge in [-0.1, -0.05) is 30.3 Å². The molecule has 18 heavy (non-hydrogen) atoms. The van der Waals surface area contributed by atoms with Crippen molar-refractivity contribution in [1.29, 1.82) is 0 Å². The predicted octanol–water partition coefficient (Wildman–Crippen LogP) is 2.48. The maximum absolute atomic E-state index is 6.44. The third kappa shape index (κ3) is 2.58. The molecule has 0 radical (unpaired) electrons. The lowest BCUT2D eigenvalue weighted by Gasteiger charge is -2.42.